The first-order chi connectivity index (χ1) is 8.47. The molecule has 1 aliphatic heterocycles. The summed E-state index contributed by atoms with van der Waals surface area (Å²) in [5, 5.41) is 0. The second-order valence-corrected chi connectivity index (χ2v) is 6.31. The van der Waals surface area contributed by atoms with E-state index in [1.165, 1.54) is 12.1 Å². The van der Waals surface area contributed by atoms with E-state index in [2.05, 4.69) is 4.72 Å². The van der Waals surface area contributed by atoms with Gasteiger partial charge in [-0.25, -0.2) is 13.1 Å². The highest BCUT2D eigenvalue weighted by atomic mass is 32.2. The lowest BCUT2D eigenvalue weighted by Crippen LogP contribution is -2.41. The minimum absolute atomic E-state index is 0.0590. The largest absolute Gasteiger partial charge is 0.399 e. The Morgan fingerprint density at radius 3 is 2.61 bits per heavy atom. The Hall–Kier alpha value is -1.11. The highest BCUT2D eigenvalue weighted by molar-refractivity contribution is 7.89. The fourth-order valence-electron chi connectivity index (χ4n) is 2.04. The minimum atomic E-state index is -3.46. The zero-order valence-electron chi connectivity index (χ0n) is 10.3. The molecule has 5 nitrogen and oxygen atoms in total. The molecule has 0 amide bonds. The van der Waals surface area contributed by atoms with E-state index in [0.29, 0.717) is 25.1 Å². The van der Waals surface area contributed by atoms with Crippen molar-refractivity contribution < 1.29 is 13.2 Å². The number of ether oxygens (including phenoxy) is 1. The molecule has 3 N–H and O–H groups in total. The predicted octanol–water partition coefficient (Wildman–Crippen LogP) is 1.11. The van der Waals surface area contributed by atoms with E-state index < -0.39 is 10.0 Å². The van der Waals surface area contributed by atoms with Crippen LogP contribution in [0, 0.1) is 0 Å². The standard InChI is InChI=1S/C12H18N2O3S/c1-9-8-11(6-7-17-9)14-18(15,16)12-4-2-10(13)3-5-12/h2-5,9,11,14H,6-8,13H2,1H3. The summed E-state index contributed by atoms with van der Waals surface area (Å²) < 4.78 is 32.4. The molecule has 6 heteroatoms. The predicted molar refractivity (Wildman–Crippen MR) is 69.6 cm³/mol. The Kier molecular flexibility index (Phi) is 3.89. The van der Waals surface area contributed by atoms with Crippen LogP contribution in [0.5, 0.6) is 0 Å². The molecule has 0 radical (unpaired) electrons. The molecule has 1 heterocycles. The number of rotatable bonds is 3. The first-order valence-corrected chi connectivity index (χ1v) is 7.45. The third kappa shape index (κ3) is 3.22. The number of sulfonamides is 1. The van der Waals surface area contributed by atoms with Crippen molar-refractivity contribution in [3.05, 3.63) is 24.3 Å². The van der Waals surface area contributed by atoms with E-state index in [1.54, 1.807) is 12.1 Å². The van der Waals surface area contributed by atoms with E-state index in [9.17, 15) is 8.42 Å². The number of hydrogen-bond acceptors (Lipinski definition) is 4. The van der Waals surface area contributed by atoms with E-state index in [-0.39, 0.29) is 17.0 Å². The van der Waals surface area contributed by atoms with Crippen LogP contribution in [0.2, 0.25) is 0 Å². The summed E-state index contributed by atoms with van der Waals surface area (Å²) in [5.41, 5.74) is 6.09. The van der Waals surface area contributed by atoms with Crippen molar-refractivity contribution in [1.82, 2.24) is 4.72 Å². The smallest absolute Gasteiger partial charge is 0.240 e. The van der Waals surface area contributed by atoms with Gasteiger partial charge >= 0.3 is 0 Å². The number of anilines is 1. The normalized spacial score (nSPS) is 24.9. The molecule has 0 saturated carbocycles. The van der Waals surface area contributed by atoms with Crippen molar-refractivity contribution in [2.45, 2.75) is 36.8 Å². The van der Waals surface area contributed by atoms with Crippen LogP contribution in [0.1, 0.15) is 19.8 Å². The van der Waals surface area contributed by atoms with E-state index in [4.69, 9.17) is 10.5 Å². The average molecular weight is 270 g/mol. The van der Waals surface area contributed by atoms with Crippen LogP contribution in [-0.2, 0) is 14.8 Å². The molecule has 1 fully saturated rings. The average Bonchev–Trinajstić information content (AvgIpc) is 2.29. The Morgan fingerprint density at radius 1 is 1.33 bits per heavy atom. The van der Waals surface area contributed by atoms with Crippen LogP contribution >= 0.6 is 0 Å². The molecule has 0 aromatic heterocycles. The number of hydrogen-bond donors (Lipinski definition) is 2. The second-order valence-electron chi connectivity index (χ2n) is 4.59. The number of nitrogen functional groups attached to an aromatic ring is 1. The number of nitrogens with two attached hydrogens (primary N) is 1. The molecular formula is C12H18N2O3S. The molecule has 18 heavy (non-hydrogen) atoms. The molecule has 2 unspecified atom stereocenters. The summed E-state index contributed by atoms with van der Waals surface area (Å²) in [6.07, 6.45) is 1.50. The molecule has 0 spiro atoms. The van der Waals surface area contributed by atoms with Crippen molar-refractivity contribution in [1.29, 1.82) is 0 Å². The van der Waals surface area contributed by atoms with Crippen LogP contribution in [0.25, 0.3) is 0 Å². The minimum Gasteiger partial charge on any atom is -0.399 e. The fraction of sp³-hybridized carbons (Fsp3) is 0.500. The van der Waals surface area contributed by atoms with Crippen molar-refractivity contribution in [3.63, 3.8) is 0 Å². The lowest BCUT2D eigenvalue weighted by Gasteiger charge is -2.27. The summed E-state index contributed by atoms with van der Waals surface area (Å²) in [5.74, 6) is 0. The van der Waals surface area contributed by atoms with Gasteiger partial charge in [0.25, 0.3) is 0 Å². The molecular weight excluding hydrogens is 252 g/mol. The van der Waals surface area contributed by atoms with Crippen LogP contribution in [0.3, 0.4) is 0 Å². The molecule has 1 aromatic rings. The number of benzene rings is 1. The Labute approximate surface area is 107 Å². The van der Waals surface area contributed by atoms with Crippen LogP contribution in [0.15, 0.2) is 29.2 Å². The Bertz CT molecular complexity index is 499. The molecule has 1 aromatic carbocycles. The third-order valence-corrected chi connectivity index (χ3v) is 4.53. The van der Waals surface area contributed by atoms with Gasteiger partial charge < -0.3 is 10.5 Å². The Morgan fingerprint density at radius 2 is 2.00 bits per heavy atom. The zero-order valence-corrected chi connectivity index (χ0v) is 11.1. The van der Waals surface area contributed by atoms with Crippen LogP contribution < -0.4 is 10.5 Å². The fourth-order valence-corrected chi connectivity index (χ4v) is 3.32. The lowest BCUT2D eigenvalue weighted by atomic mass is 10.1. The lowest BCUT2D eigenvalue weighted by molar-refractivity contribution is 0.0173. The molecule has 1 aliphatic rings. The first-order valence-electron chi connectivity index (χ1n) is 5.97. The van der Waals surface area contributed by atoms with E-state index in [0.717, 1.165) is 0 Å². The molecule has 0 aliphatic carbocycles. The van der Waals surface area contributed by atoms with Crippen LogP contribution in [-0.4, -0.2) is 27.2 Å². The van der Waals surface area contributed by atoms with Gasteiger partial charge in [-0.3, -0.25) is 0 Å². The molecule has 0 bridgehead atoms. The van der Waals surface area contributed by atoms with Gasteiger partial charge in [-0.1, -0.05) is 0 Å². The zero-order chi connectivity index (χ0) is 13.2. The second kappa shape index (κ2) is 5.26. The van der Waals surface area contributed by atoms with Crippen molar-refractivity contribution in [2.75, 3.05) is 12.3 Å². The quantitative estimate of drug-likeness (QED) is 0.806. The highest BCUT2D eigenvalue weighted by Crippen LogP contribution is 2.17. The van der Waals surface area contributed by atoms with Crippen LogP contribution in [0.4, 0.5) is 5.69 Å². The monoisotopic (exact) mass is 270 g/mol. The van der Waals surface area contributed by atoms with Crippen molar-refractivity contribution in [2.24, 2.45) is 0 Å². The SMILES string of the molecule is CC1CC(NS(=O)(=O)c2ccc(N)cc2)CCO1. The summed E-state index contributed by atoms with van der Waals surface area (Å²) in [6.45, 7) is 2.54. The molecule has 2 atom stereocenters. The van der Waals surface area contributed by atoms with Gasteiger partial charge in [-0.15, -0.1) is 0 Å². The summed E-state index contributed by atoms with van der Waals surface area (Å²) >= 11 is 0. The van der Waals surface area contributed by atoms with Crippen molar-refractivity contribution >= 4 is 15.7 Å². The van der Waals surface area contributed by atoms with Gasteiger partial charge in [-0.05, 0) is 44.0 Å². The van der Waals surface area contributed by atoms with Gasteiger partial charge in [0.15, 0.2) is 0 Å². The molecule has 100 valence electrons. The highest BCUT2D eigenvalue weighted by Gasteiger charge is 2.24. The summed E-state index contributed by atoms with van der Waals surface area (Å²) in [7, 11) is -3.46. The topological polar surface area (TPSA) is 81.4 Å². The van der Waals surface area contributed by atoms with Gasteiger partial charge in [-0.2, -0.15) is 0 Å². The first kappa shape index (κ1) is 13.3. The summed E-state index contributed by atoms with van der Waals surface area (Å²) in [6, 6.07) is 6.14. The summed E-state index contributed by atoms with van der Waals surface area (Å²) in [4.78, 5) is 0.246. The number of nitrogens with one attached hydrogen (secondary N) is 1. The van der Waals surface area contributed by atoms with Crippen molar-refractivity contribution in [3.8, 4) is 0 Å². The maximum absolute atomic E-state index is 12.1. The van der Waals surface area contributed by atoms with Gasteiger partial charge in [0, 0.05) is 18.3 Å². The Balaban J connectivity index is 2.09. The third-order valence-electron chi connectivity index (χ3n) is 3.00. The maximum Gasteiger partial charge on any atom is 0.240 e. The molecule has 2 rings (SSSR count). The molecule has 1 saturated heterocycles. The van der Waals surface area contributed by atoms with E-state index in [1.807, 2.05) is 6.92 Å². The van der Waals surface area contributed by atoms with Gasteiger partial charge in [0.05, 0.1) is 11.0 Å². The van der Waals surface area contributed by atoms with Gasteiger partial charge in [0.1, 0.15) is 0 Å². The van der Waals surface area contributed by atoms with Gasteiger partial charge in [0.2, 0.25) is 10.0 Å². The van der Waals surface area contributed by atoms with E-state index >= 15 is 0 Å². The maximum atomic E-state index is 12.1.